The highest BCUT2D eigenvalue weighted by Gasteiger charge is 2.22. The fourth-order valence-electron chi connectivity index (χ4n) is 1.89. The molecule has 0 aromatic rings. The molecule has 2 heterocycles. The Kier molecular flexibility index (Phi) is 4.65. The zero-order chi connectivity index (χ0) is 10.5. The summed E-state index contributed by atoms with van der Waals surface area (Å²) in [5.41, 5.74) is 0. The van der Waals surface area contributed by atoms with Gasteiger partial charge in [-0.2, -0.15) is 23.5 Å². The molecular formula is C10H18N2OS2. The van der Waals surface area contributed by atoms with Crippen molar-refractivity contribution in [1.29, 1.82) is 0 Å². The van der Waals surface area contributed by atoms with Crippen LogP contribution < -0.4 is 5.32 Å². The second-order valence-electron chi connectivity index (χ2n) is 3.90. The Morgan fingerprint density at radius 1 is 1.33 bits per heavy atom. The molecule has 2 saturated heterocycles. The SMILES string of the molecule is O=C(CC1CSCCS1)N1CCNCC1. The van der Waals surface area contributed by atoms with Crippen molar-refractivity contribution in [1.82, 2.24) is 10.2 Å². The average molecular weight is 246 g/mol. The fourth-order valence-corrected chi connectivity index (χ4v) is 4.56. The van der Waals surface area contributed by atoms with Gasteiger partial charge in [-0.05, 0) is 0 Å². The van der Waals surface area contributed by atoms with Crippen LogP contribution in [0.15, 0.2) is 0 Å². The van der Waals surface area contributed by atoms with Gasteiger partial charge >= 0.3 is 0 Å². The molecule has 0 saturated carbocycles. The van der Waals surface area contributed by atoms with E-state index in [2.05, 4.69) is 5.32 Å². The third-order valence-corrected chi connectivity index (χ3v) is 5.60. The first-order chi connectivity index (χ1) is 7.36. The van der Waals surface area contributed by atoms with E-state index in [-0.39, 0.29) is 0 Å². The summed E-state index contributed by atoms with van der Waals surface area (Å²) >= 11 is 3.96. The van der Waals surface area contributed by atoms with Crippen LogP contribution in [0.4, 0.5) is 0 Å². The van der Waals surface area contributed by atoms with Crippen molar-refractivity contribution in [2.45, 2.75) is 11.7 Å². The van der Waals surface area contributed by atoms with Crippen LogP contribution in [-0.4, -0.2) is 59.5 Å². The maximum Gasteiger partial charge on any atom is 0.223 e. The molecule has 1 amide bonds. The van der Waals surface area contributed by atoms with Crippen LogP contribution in [0.5, 0.6) is 0 Å². The van der Waals surface area contributed by atoms with E-state index in [1.165, 1.54) is 11.5 Å². The Hall–Kier alpha value is 0.130. The largest absolute Gasteiger partial charge is 0.340 e. The predicted octanol–water partition coefficient (Wildman–Crippen LogP) is 0.657. The Morgan fingerprint density at radius 3 is 2.80 bits per heavy atom. The highest BCUT2D eigenvalue weighted by molar-refractivity contribution is 8.06. The van der Waals surface area contributed by atoms with Crippen LogP contribution in [0, 0.1) is 0 Å². The monoisotopic (exact) mass is 246 g/mol. The first kappa shape index (κ1) is 11.6. The molecule has 86 valence electrons. The van der Waals surface area contributed by atoms with Crippen LogP contribution in [0.3, 0.4) is 0 Å². The van der Waals surface area contributed by atoms with Crippen molar-refractivity contribution in [3.8, 4) is 0 Å². The number of nitrogens with zero attached hydrogens (tertiary/aromatic N) is 1. The second-order valence-corrected chi connectivity index (χ2v) is 6.46. The van der Waals surface area contributed by atoms with Crippen molar-refractivity contribution >= 4 is 29.4 Å². The molecule has 1 N–H and O–H groups in total. The summed E-state index contributed by atoms with van der Waals surface area (Å²) in [7, 11) is 0. The highest BCUT2D eigenvalue weighted by atomic mass is 32.2. The minimum atomic E-state index is 0.358. The topological polar surface area (TPSA) is 32.3 Å². The first-order valence-corrected chi connectivity index (χ1v) is 7.74. The van der Waals surface area contributed by atoms with Gasteiger partial charge in [0, 0.05) is 55.1 Å². The third kappa shape index (κ3) is 3.57. The maximum absolute atomic E-state index is 11.9. The van der Waals surface area contributed by atoms with E-state index >= 15 is 0 Å². The molecule has 1 atom stereocenters. The van der Waals surface area contributed by atoms with Crippen molar-refractivity contribution in [2.75, 3.05) is 43.4 Å². The third-order valence-electron chi connectivity index (χ3n) is 2.76. The molecular weight excluding hydrogens is 228 g/mol. The Morgan fingerprint density at radius 2 is 2.13 bits per heavy atom. The minimum absolute atomic E-state index is 0.358. The van der Waals surface area contributed by atoms with Crippen molar-refractivity contribution < 1.29 is 4.79 Å². The molecule has 0 bridgehead atoms. The number of nitrogens with one attached hydrogen (secondary N) is 1. The Labute approximate surface area is 99.7 Å². The van der Waals surface area contributed by atoms with E-state index in [4.69, 9.17) is 0 Å². The molecule has 0 aromatic carbocycles. The van der Waals surface area contributed by atoms with Gasteiger partial charge in [-0.15, -0.1) is 0 Å². The minimum Gasteiger partial charge on any atom is -0.340 e. The summed E-state index contributed by atoms with van der Waals surface area (Å²) in [6.45, 7) is 3.70. The number of carbonyl (C=O) groups excluding carboxylic acids is 1. The van der Waals surface area contributed by atoms with Gasteiger partial charge in [-0.3, -0.25) is 4.79 Å². The maximum atomic E-state index is 11.9. The zero-order valence-electron chi connectivity index (χ0n) is 8.91. The summed E-state index contributed by atoms with van der Waals surface area (Å²) in [4.78, 5) is 14.0. The number of rotatable bonds is 2. The van der Waals surface area contributed by atoms with Gasteiger partial charge in [0.05, 0.1) is 0 Å². The summed E-state index contributed by atoms with van der Waals surface area (Å²) in [5, 5.41) is 3.83. The van der Waals surface area contributed by atoms with Crippen LogP contribution in [0.25, 0.3) is 0 Å². The Balaban J connectivity index is 1.74. The van der Waals surface area contributed by atoms with E-state index in [1.54, 1.807) is 0 Å². The molecule has 2 fully saturated rings. The molecule has 15 heavy (non-hydrogen) atoms. The van der Waals surface area contributed by atoms with Gasteiger partial charge in [-0.1, -0.05) is 0 Å². The quantitative estimate of drug-likeness (QED) is 0.776. The van der Waals surface area contributed by atoms with E-state index in [1.807, 2.05) is 28.4 Å². The predicted molar refractivity (Wildman–Crippen MR) is 67.6 cm³/mol. The van der Waals surface area contributed by atoms with Gasteiger partial charge < -0.3 is 10.2 Å². The smallest absolute Gasteiger partial charge is 0.223 e. The van der Waals surface area contributed by atoms with Crippen molar-refractivity contribution in [2.24, 2.45) is 0 Å². The number of carbonyl (C=O) groups is 1. The number of hydrogen-bond donors (Lipinski definition) is 1. The summed E-state index contributed by atoms with van der Waals surface area (Å²) in [6.07, 6.45) is 0.748. The zero-order valence-corrected chi connectivity index (χ0v) is 10.5. The number of hydrogen-bond acceptors (Lipinski definition) is 4. The van der Waals surface area contributed by atoms with E-state index in [0.717, 1.165) is 38.4 Å². The normalized spacial score (nSPS) is 27.7. The average Bonchev–Trinajstić information content (AvgIpc) is 2.31. The molecule has 0 aromatic heterocycles. The molecule has 3 nitrogen and oxygen atoms in total. The number of amides is 1. The fraction of sp³-hybridized carbons (Fsp3) is 0.900. The number of piperazine rings is 1. The Bertz CT molecular complexity index is 213. The van der Waals surface area contributed by atoms with Gasteiger partial charge in [0.15, 0.2) is 0 Å². The van der Waals surface area contributed by atoms with E-state index in [9.17, 15) is 4.79 Å². The lowest BCUT2D eigenvalue weighted by molar-refractivity contribution is -0.131. The first-order valence-electron chi connectivity index (χ1n) is 5.54. The van der Waals surface area contributed by atoms with Gasteiger partial charge in [0.1, 0.15) is 0 Å². The van der Waals surface area contributed by atoms with Crippen LogP contribution in [-0.2, 0) is 4.79 Å². The van der Waals surface area contributed by atoms with Gasteiger partial charge in [-0.25, -0.2) is 0 Å². The highest BCUT2D eigenvalue weighted by Crippen LogP contribution is 2.26. The molecule has 5 heteroatoms. The lowest BCUT2D eigenvalue weighted by Crippen LogP contribution is -2.47. The molecule has 2 rings (SSSR count). The molecule has 0 aliphatic carbocycles. The lowest BCUT2D eigenvalue weighted by Gasteiger charge is -2.29. The lowest BCUT2D eigenvalue weighted by atomic mass is 10.2. The van der Waals surface area contributed by atoms with Crippen molar-refractivity contribution in [3.05, 3.63) is 0 Å². The summed E-state index contributed by atoms with van der Waals surface area (Å²) < 4.78 is 0. The van der Waals surface area contributed by atoms with Crippen molar-refractivity contribution in [3.63, 3.8) is 0 Å². The van der Waals surface area contributed by atoms with E-state index in [0.29, 0.717) is 11.2 Å². The standard InChI is InChI=1S/C10H18N2OS2/c13-10(12-3-1-11-2-4-12)7-9-8-14-5-6-15-9/h9,11H,1-8H2. The van der Waals surface area contributed by atoms with Gasteiger partial charge in [0.2, 0.25) is 5.91 Å². The molecule has 0 radical (unpaired) electrons. The molecule has 2 aliphatic rings. The van der Waals surface area contributed by atoms with Gasteiger partial charge in [0.25, 0.3) is 0 Å². The second kappa shape index (κ2) is 6.01. The summed E-state index contributed by atoms with van der Waals surface area (Å²) in [5.74, 6) is 3.98. The van der Waals surface area contributed by atoms with Crippen LogP contribution >= 0.6 is 23.5 Å². The van der Waals surface area contributed by atoms with E-state index < -0.39 is 0 Å². The number of thioether (sulfide) groups is 2. The summed E-state index contributed by atoms with van der Waals surface area (Å²) in [6, 6.07) is 0. The molecule has 2 aliphatic heterocycles. The van der Waals surface area contributed by atoms with Crippen LogP contribution in [0.1, 0.15) is 6.42 Å². The molecule has 1 unspecified atom stereocenters. The van der Waals surface area contributed by atoms with Crippen LogP contribution in [0.2, 0.25) is 0 Å². The molecule has 0 spiro atoms.